The largest absolute Gasteiger partial charge is 0.368 e. The van der Waals surface area contributed by atoms with E-state index in [-0.39, 0.29) is 17.1 Å². The predicted molar refractivity (Wildman–Crippen MR) is 54.7 cm³/mol. The molecule has 0 aliphatic heterocycles. The summed E-state index contributed by atoms with van der Waals surface area (Å²) in [6.45, 7) is 7.93. The van der Waals surface area contributed by atoms with E-state index in [1.807, 2.05) is 27.7 Å². The van der Waals surface area contributed by atoms with Crippen LogP contribution >= 0.6 is 11.6 Å². The fourth-order valence-electron chi connectivity index (χ4n) is 0.640. The molecule has 0 aromatic carbocycles. The lowest BCUT2D eigenvalue weighted by molar-refractivity contribution is 0.764. The van der Waals surface area contributed by atoms with Gasteiger partial charge in [0.2, 0.25) is 11.2 Å². The van der Waals surface area contributed by atoms with Crippen molar-refractivity contribution in [2.75, 3.05) is 5.73 Å². The van der Waals surface area contributed by atoms with Gasteiger partial charge in [-0.25, -0.2) is 4.98 Å². The quantitative estimate of drug-likeness (QED) is 0.759. The summed E-state index contributed by atoms with van der Waals surface area (Å²) >= 11 is 5.55. The van der Waals surface area contributed by atoms with Gasteiger partial charge in [-0.1, -0.05) is 27.7 Å². The number of nitrogens with two attached hydrogens (primary N) is 1. The predicted octanol–water partition coefficient (Wildman–Crippen LogP) is 2.26. The number of rotatable bonds is 1. The molecule has 2 N–H and O–H groups in total. The second kappa shape index (κ2) is 5.70. The number of nitrogen functional groups attached to an aromatic ring is 1. The summed E-state index contributed by atoms with van der Waals surface area (Å²) in [5.74, 6) is 1.02. The van der Waals surface area contributed by atoms with Gasteiger partial charge < -0.3 is 5.73 Å². The van der Waals surface area contributed by atoms with E-state index in [4.69, 9.17) is 17.3 Å². The van der Waals surface area contributed by atoms with Gasteiger partial charge >= 0.3 is 0 Å². The third kappa shape index (κ3) is 4.03. The van der Waals surface area contributed by atoms with Crippen molar-refractivity contribution in [2.24, 2.45) is 0 Å². The van der Waals surface area contributed by atoms with Crippen LogP contribution in [0.25, 0.3) is 0 Å². The van der Waals surface area contributed by atoms with Gasteiger partial charge in [-0.15, -0.1) is 0 Å². The lowest BCUT2D eigenvalue weighted by atomic mass is 10.2. The first-order chi connectivity index (χ1) is 6.09. The SMILES string of the molecule is CC.CC(C)c1nc(N)nc(Cl)n1. The fourth-order valence-corrected chi connectivity index (χ4v) is 0.813. The van der Waals surface area contributed by atoms with E-state index in [0.29, 0.717) is 5.82 Å². The number of anilines is 1. The molecule has 1 aromatic heterocycles. The van der Waals surface area contributed by atoms with Gasteiger partial charge in [0.15, 0.2) is 0 Å². The van der Waals surface area contributed by atoms with Crippen molar-refractivity contribution in [3.05, 3.63) is 11.1 Å². The highest BCUT2D eigenvalue weighted by Gasteiger charge is 2.05. The van der Waals surface area contributed by atoms with Gasteiger partial charge in [0.25, 0.3) is 0 Å². The first-order valence-corrected chi connectivity index (χ1v) is 4.64. The monoisotopic (exact) mass is 202 g/mol. The molecule has 0 unspecified atom stereocenters. The Morgan fingerprint density at radius 2 is 1.69 bits per heavy atom. The maximum Gasteiger partial charge on any atom is 0.227 e. The molecule has 0 fully saturated rings. The molecule has 0 spiro atoms. The Morgan fingerprint density at radius 1 is 1.15 bits per heavy atom. The normalized spacial score (nSPS) is 9.38. The topological polar surface area (TPSA) is 64.7 Å². The van der Waals surface area contributed by atoms with Gasteiger partial charge in [-0.2, -0.15) is 9.97 Å². The van der Waals surface area contributed by atoms with Gasteiger partial charge in [-0.05, 0) is 11.6 Å². The van der Waals surface area contributed by atoms with Crippen molar-refractivity contribution < 1.29 is 0 Å². The smallest absolute Gasteiger partial charge is 0.227 e. The molecule has 0 saturated carbocycles. The van der Waals surface area contributed by atoms with Gasteiger partial charge in [0, 0.05) is 5.92 Å². The van der Waals surface area contributed by atoms with Crippen LogP contribution in [0.15, 0.2) is 0 Å². The van der Waals surface area contributed by atoms with Crippen molar-refractivity contribution in [1.82, 2.24) is 15.0 Å². The van der Waals surface area contributed by atoms with Crippen LogP contribution in [-0.4, -0.2) is 15.0 Å². The molecule has 1 rings (SSSR count). The summed E-state index contributed by atoms with van der Waals surface area (Å²) in [7, 11) is 0. The number of nitrogens with zero attached hydrogens (tertiary/aromatic N) is 3. The molecule has 4 nitrogen and oxygen atoms in total. The molecule has 0 amide bonds. The van der Waals surface area contributed by atoms with E-state index in [1.165, 1.54) is 0 Å². The average molecular weight is 203 g/mol. The number of halogens is 1. The second-order valence-corrected chi connectivity index (χ2v) is 2.81. The Morgan fingerprint density at radius 3 is 2.08 bits per heavy atom. The number of hydrogen-bond donors (Lipinski definition) is 1. The van der Waals surface area contributed by atoms with Crippen molar-refractivity contribution in [3.8, 4) is 0 Å². The van der Waals surface area contributed by atoms with Crippen molar-refractivity contribution >= 4 is 17.5 Å². The summed E-state index contributed by atoms with van der Waals surface area (Å²) in [6.07, 6.45) is 0. The Balaban J connectivity index is 0.000000671. The molecule has 1 heterocycles. The molecule has 74 valence electrons. The molecule has 0 atom stereocenters. The van der Waals surface area contributed by atoms with Gasteiger partial charge in [0.05, 0.1) is 0 Å². The van der Waals surface area contributed by atoms with Gasteiger partial charge in [-0.3, -0.25) is 0 Å². The standard InChI is InChI=1S/C6H9ClN4.C2H6/c1-3(2)4-9-5(7)11-6(8)10-4;1-2/h3H,1-2H3,(H2,8,9,10,11);1-2H3. The third-order valence-corrected chi connectivity index (χ3v) is 1.33. The van der Waals surface area contributed by atoms with E-state index in [1.54, 1.807) is 0 Å². The summed E-state index contributed by atoms with van der Waals surface area (Å²) in [4.78, 5) is 11.4. The highest BCUT2D eigenvalue weighted by atomic mass is 35.5. The second-order valence-electron chi connectivity index (χ2n) is 2.48. The summed E-state index contributed by atoms with van der Waals surface area (Å²) < 4.78 is 0. The average Bonchev–Trinajstić information content (AvgIpc) is 2.06. The molecule has 5 heteroatoms. The van der Waals surface area contributed by atoms with Crippen LogP contribution in [0, 0.1) is 0 Å². The lowest BCUT2D eigenvalue weighted by Gasteiger charge is -2.02. The first-order valence-electron chi connectivity index (χ1n) is 4.26. The minimum absolute atomic E-state index is 0.154. The highest BCUT2D eigenvalue weighted by Crippen LogP contribution is 2.11. The molecular formula is C8H15ClN4. The summed E-state index contributed by atoms with van der Waals surface area (Å²) in [5.41, 5.74) is 5.35. The van der Waals surface area contributed by atoms with E-state index >= 15 is 0 Å². The van der Waals surface area contributed by atoms with E-state index in [9.17, 15) is 0 Å². The zero-order chi connectivity index (χ0) is 10.4. The number of hydrogen-bond acceptors (Lipinski definition) is 4. The van der Waals surface area contributed by atoms with Crippen LogP contribution in [0.3, 0.4) is 0 Å². The van der Waals surface area contributed by atoms with Crippen LogP contribution in [-0.2, 0) is 0 Å². The Hall–Kier alpha value is -0.900. The lowest BCUT2D eigenvalue weighted by Crippen LogP contribution is -2.04. The summed E-state index contributed by atoms with van der Waals surface area (Å²) in [5, 5.41) is 0.154. The molecule has 0 saturated heterocycles. The van der Waals surface area contributed by atoms with E-state index in [0.717, 1.165) is 0 Å². The first kappa shape index (κ1) is 12.1. The Kier molecular flexibility index (Phi) is 5.30. The Labute approximate surface area is 83.6 Å². The molecule has 0 bridgehead atoms. The van der Waals surface area contributed by atoms with Gasteiger partial charge in [0.1, 0.15) is 5.82 Å². The zero-order valence-corrected chi connectivity index (χ0v) is 9.13. The minimum Gasteiger partial charge on any atom is -0.368 e. The third-order valence-electron chi connectivity index (χ3n) is 1.16. The van der Waals surface area contributed by atoms with Crippen LogP contribution in [0.5, 0.6) is 0 Å². The maximum absolute atomic E-state index is 5.55. The highest BCUT2D eigenvalue weighted by molar-refractivity contribution is 6.28. The van der Waals surface area contributed by atoms with Crippen LogP contribution in [0.4, 0.5) is 5.95 Å². The van der Waals surface area contributed by atoms with Crippen LogP contribution < -0.4 is 5.73 Å². The fraction of sp³-hybridized carbons (Fsp3) is 0.625. The van der Waals surface area contributed by atoms with Crippen molar-refractivity contribution in [1.29, 1.82) is 0 Å². The summed E-state index contributed by atoms with van der Waals surface area (Å²) in [6, 6.07) is 0. The number of aromatic nitrogens is 3. The zero-order valence-electron chi connectivity index (χ0n) is 8.37. The molecule has 0 aliphatic rings. The minimum atomic E-state index is 0.154. The Bertz CT molecular complexity index is 242. The van der Waals surface area contributed by atoms with Crippen LogP contribution in [0.1, 0.15) is 39.4 Å². The molecule has 0 radical (unpaired) electrons. The van der Waals surface area contributed by atoms with Crippen molar-refractivity contribution in [3.63, 3.8) is 0 Å². The van der Waals surface area contributed by atoms with E-state index < -0.39 is 0 Å². The van der Waals surface area contributed by atoms with Crippen molar-refractivity contribution in [2.45, 2.75) is 33.6 Å². The molecular weight excluding hydrogens is 188 g/mol. The van der Waals surface area contributed by atoms with E-state index in [2.05, 4.69) is 15.0 Å². The van der Waals surface area contributed by atoms with Crippen LogP contribution in [0.2, 0.25) is 5.28 Å². The maximum atomic E-state index is 5.55. The molecule has 1 aromatic rings. The molecule has 13 heavy (non-hydrogen) atoms. The molecule has 0 aliphatic carbocycles.